The van der Waals surface area contributed by atoms with E-state index in [2.05, 4.69) is 62.5 Å². The third-order valence-corrected chi connectivity index (χ3v) is 4.94. The molecule has 1 atom stereocenters. The van der Waals surface area contributed by atoms with Crippen molar-refractivity contribution < 1.29 is 0 Å². The highest BCUT2D eigenvalue weighted by Gasteiger charge is 2.26. The topological polar surface area (TPSA) is 12.6 Å². The first-order chi connectivity index (χ1) is 10.8. The quantitative estimate of drug-likeness (QED) is 0.670. The summed E-state index contributed by atoms with van der Waals surface area (Å²) in [4.78, 5) is 2.53. The second kappa shape index (κ2) is 5.71. The second-order valence-electron chi connectivity index (χ2n) is 5.90. The summed E-state index contributed by atoms with van der Waals surface area (Å²) in [5.74, 6) is 0. The summed E-state index contributed by atoms with van der Waals surface area (Å²) in [5, 5.41) is 0. The molecule has 0 saturated carbocycles. The van der Waals surface area contributed by atoms with Gasteiger partial charge >= 0.3 is 0 Å². The number of fused-ring (bicyclic) bond motifs is 1. The van der Waals surface area contributed by atoms with Crippen LogP contribution in [0.5, 0.6) is 0 Å². The van der Waals surface area contributed by atoms with E-state index in [9.17, 15) is 0 Å². The van der Waals surface area contributed by atoms with Gasteiger partial charge in [-0.2, -0.15) is 0 Å². The van der Waals surface area contributed by atoms with E-state index in [1.54, 1.807) is 0 Å². The standard InChI is InChI=1S/C18H19N3S/c22-18-20(13-16-9-4-5-12-21(16)18)14-19-11-6-10-17(19)15-7-2-1-3-8-15/h1-5,7-9,12-13,17H,6,10-11,14H2/t17-/m0/s1. The van der Waals surface area contributed by atoms with E-state index in [1.165, 1.54) is 18.4 Å². The van der Waals surface area contributed by atoms with E-state index in [4.69, 9.17) is 12.2 Å². The van der Waals surface area contributed by atoms with Crippen LogP contribution in [0.1, 0.15) is 24.4 Å². The van der Waals surface area contributed by atoms with Crippen molar-refractivity contribution in [2.45, 2.75) is 25.6 Å². The molecule has 1 fully saturated rings. The minimum Gasteiger partial charge on any atom is -0.309 e. The number of aromatic nitrogens is 2. The number of benzene rings is 1. The molecule has 112 valence electrons. The summed E-state index contributed by atoms with van der Waals surface area (Å²) in [6.45, 7) is 1.99. The number of pyridine rings is 1. The Morgan fingerprint density at radius 1 is 1.05 bits per heavy atom. The Bertz CT molecular complexity index is 834. The minimum absolute atomic E-state index is 0.506. The summed E-state index contributed by atoms with van der Waals surface area (Å²) in [7, 11) is 0. The smallest absolute Gasteiger partial charge is 0.185 e. The molecule has 0 unspecified atom stereocenters. The molecule has 3 nitrogen and oxygen atoms in total. The Labute approximate surface area is 135 Å². The summed E-state index contributed by atoms with van der Waals surface area (Å²) < 4.78 is 5.13. The molecule has 2 aromatic heterocycles. The molecule has 3 heterocycles. The Balaban J connectivity index is 1.64. The molecule has 0 amide bonds. The summed E-state index contributed by atoms with van der Waals surface area (Å²) in [5.41, 5.74) is 2.57. The largest absolute Gasteiger partial charge is 0.309 e. The van der Waals surface area contributed by atoms with E-state index >= 15 is 0 Å². The van der Waals surface area contributed by atoms with E-state index in [-0.39, 0.29) is 0 Å². The lowest BCUT2D eigenvalue weighted by Crippen LogP contribution is -2.26. The van der Waals surface area contributed by atoms with Crippen molar-refractivity contribution >= 4 is 17.7 Å². The maximum Gasteiger partial charge on any atom is 0.185 e. The molecule has 0 radical (unpaired) electrons. The third kappa shape index (κ3) is 2.38. The van der Waals surface area contributed by atoms with Crippen molar-refractivity contribution in [3.05, 3.63) is 71.3 Å². The lowest BCUT2D eigenvalue weighted by Gasteiger charge is -2.25. The maximum atomic E-state index is 5.62. The predicted molar refractivity (Wildman–Crippen MR) is 91.3 cm³/mol. The molecule has 0 spiro atoms. The highest BCUT2D eigenvalue weighted by atomic mass is 32.1. The van der Waals surface area contributed by atoms with Gasteiger partial charge in [0.25, 0.3) is 0 Å². The fraction of sp³-hybridized carbons (Fsp3) is 0.278. The van der Waals surface area contributed by atoms with Crippen LogP contribution in [0.2, 0.25) is 0 Å². The molecule has 0 aliphatic carbocycles. The van der Waals surface area contributed by atoms with Crippen LogP contribution in [0, 0.1) is 4.77 Å². The van der Waals surface area contributed by atoms with Crippen LogP contribution in [0.15, 0.2) is 60.9 Å². The van der Waals surface area contributed by atoms with Gasteiger partial charge in [-0.05, 0) is 42.8 Å². The number of likely N-dealkylation sites (tertiary alicyclic amines) is 1. The van der Waals surface area contributed by atoms with Crippen molar-refractivity contribution in [1.82, 2.24) is 13.9 Å². The van der Waals surface area contributed by atoms with Crippen LogP contribution in [0.3, 0.4) is 0 Å². The molecule has 0 bridgehead atoms. The van der Waals surface area contributed by atoms with Crippen LogP contribution in [0.25, 0.3) is 5.52 Å². The molecule has 0 N–H and O–H groups in total. The van der Waals surface area contributed by atoms with Crippen LogP contribution < -0.4 is 0 Å². The lowest BCUT2D eigenvalue weighted by atomic mass is 10.1. The zero-order valence-corrected chi connectivity index (χ0v) is 13.2. The highest BCUT2D eigenvalue weighted by molar-refractivity contribution is 7.71. The van der Waals surface area contributed by atoms with Crippen LogP contribution in [0.4, 0.5) is 0 Å². The van der Waals surface area contributed by atoms with Crippen molar-refractivity contribution in [2.75, 3.05) is 6.54 Å². The van der Waals surface area contributed by atoms with Crippen molar-refractivity contribution in [1.29, 1.82) is 0 Å². The average Bonchev–Trinajstić information content (AvgIpc) is 3.15. The van der Waals surface area contributed by atoms with Gasteiger partial charge in [0.05, 0.1) is 12.2 Å². The molecule has 1 aliphatic rings. The number of nitrogens with zero attached hydrogens (tertiary/aromatic N) is 3. The first kappa shape index (κ1) is 13.7. The van der Waals surface area contributed by atoms with E-state index in [0.717, 1.165) is 23.5 Å². The monoisotopic (exact) mass is 309 g/mol. The molecule has 1 aromatic carbocycles. The zero-order chi connectivity index (χ0) is 14.9. The molecular formula is C18H19N3S. The van der Waals surface area contributed by atoms with Gasteiger partial charge < -0.3 is 4.57 Å². The lowest BCUT2D eigenvalue weighted by molar-refractivity contribution is 0.201. The number of imidazole rings is 1. The van der Waals surface area contributed by atoms with E-state index in [1.807, 2.05) is 12.3 Å². The second-order valence-corrected chi connectivity index (χ2v) is 6.26. The fourth-order valence-corrected chi connectivity index (χ4v) is 3.71. The molecule has 22 heavy (non-hydrogen) atoms. The molecule has 1 aliphatic heterocycles. The predicted octanol–water partition coefficient (Wildman–Crippen LogP) is 4.26. The van der Waals surface area contributed by atoms with Gasteiger partial charge in [0.2, 0.25) is 0 Å². The number of hydrogen-bond donors (Lipinski definition) is 0. The van der Waals surface area contributed by atoms with Crippen molar-refractivity contribution in [3.8, 4) is 0 Å². The van der Waals surface area contributed by atoms with Gasteiger partial charge in [-0.25, -0.2) is 0 Å². The van der Waals surface area contributed by atoms with Gasteiger partial charge in [-0.3, -0.25) is 9.30 Å². The summed E-state index contributed by atoms with van der Waals surface area (Å²) in [6, 6.07) is 17.5. The minimum atomic E-state index is 0.506. The molecular weight excluding hydrogens is 290 g/mol. The Hall–Kier alpha value is -1.91. The molecule has 1 saturated heterocycles. The Morgan fingerprint density at radius 2 is 1.86 bits per heavy atom. The van der Waals surface area contributed by atoms with Crippen molar-refractivity contribution in [2.24, 2.45) is 0 Å². The van der Waals surface area contributed by atoms with E-state index in [0.29, 0.717) is 6.04 Å². The van der Waals surface area contributed by atoms with Gasteiger partial charge in [0, 0.05) is 25.0 Å². The van der Waals surface area contributed by atoms with E-state index < -0.39 is 0 Å². The Morgan fingerprint density at radius 3 is 2.68 bits per heavy atom. The van der Waals surface area contributed by atoms with Gasteiger partial charge in [-0.1, -0.05) is 36.4 Å². The molecule has 3 aromatic rings. The van der Waals surface area contributed by atoms with Crippen LogP contribution in [-0.2, 0) is 6.67 Å². The van der Waals surface area contributed by atoms with Gasteiger partial charge in [0.15, 0.2) is 4.77 Å². The summed E-state index contributed by atoms with van der Waals surface area (Å²) >= 11 is 5.62. The first-order valence-electron chi connectivity index (χ1n) is 7.78. The van der Waals surface area contributed by atoms with Gasteiger partial charge in [0.1, 0.15) is 0 Å². The number of rotatable bonds is 3. The first-order valence-corrected chi connectivity index (χ1v) is 8.19. The third-order valence-electron chi connectivity index (χ3n) is 4.51. The Kier molecular flexibility index (Phi) is 3.56. The summed E-state index contributed by atoms with van der Waals surface area (Å²) in [6.07, 6.45) is 6.67. The highest BCUT2D eigenvalue weighted by Crippen LogP contribution is 2.32. The SMILES string of the molecule is S=c1n(CN2CCC[C@H]2c2ccccc2)cc2ccccn12. The fourth-order valence-electron chi connectivity index (χ4n) is 3.43. The van der Waals surface area contributed by atoms with Crippen LogP contribution in [-0.4, -0.2) is 20.4 Å². The maximum absolute atomic E-state index is 5.62. The zero-order valence-electron chi connectivity index (χ0n) is 12.4. The van der Waals surface area contributed by atoms with Gasteiger partial charge in [-0.15, -0.1) is 0 Å². The normalized spacial score (nSPS) is 19.0. The molecule has 4 rings (SSSR count). The van der Waals surface area contributed by atoms with Crippen LogP contribution >= 0.6 is 12.2 Å². The molecule has 4 heteroatoms. The number of hydrogen-bond acceptors (Lipinski definition) is 2. The average molecular weight is 309 g/mol. The van der Waals surface area contributed by atoms with Crippen molar-refractivity contribution in [3.63, 3.8) is 0 Å².